The summed E-state index contributed by atoms with van der Waals surface area (Å²) in [5, 5.41) is 1.92. The van der Waals surface area contributed by atoms with Gasteiger partial charge in [-0.25, -0.2) is 13.1 Å². The Hall–Kier alpha value is -2.53. The number of thiophene rings is 1. The molecule has 0 aliphatic heterocycles. The van der Waals surface area contributed by atoms with E-state index in [1.54, 1.807) is 12.3 Å². The first-order chi connectivity index (χ1) is 14.2. The Labute approximate surface area is 181 Å². The van der Waals surface area contributed by atoms with Crippen LogP contribution in [0, 0.1) is 5.92 Å². The van der Waals surface area contributed by atoms with Crippen LogP contribution in [-0.2, 0) is 14.8 Å². The molecule has 3 rings (SSSR count). The Morgan fingerprint density at radius 1 is 1.27 bits per heavy atom. The number of hydrogen-bond acceptors (Lipinski definition) is 5. The predicted octanol–water partition coefficient (Wildman–Crippen LogP) is 4.09. The van der Waals surface area contributed by atoms with Crippen LogP contribution in [0.3, 0.4) is 0 Å². The maximum atomic E-state index is 13.0. The van der Waals surface area contributed by atoms with E-state index in [0.717, 1.165) is 21.6 Å². The number of nitrogens with one attached hydrogen (secondary N) is 1. The molecule has 7 heteroatoms. The number of carbonyl (C=O) groups excluding carboxylic acids is 1. The molecule has 1 N–H and O–H groups in total. The number of hydrogen-bond donors (Lipinski definition) is 1. The lowest BCUT2D eigenvalue weighted by molar-refractivity contribution is -0.116. The van der Waals surface area contributed by atoms with Gasteiger partial charge in [0, 0.05) is 27.8 Å². The monoisotopic (exact) mass is 440 g/mol. The number of allylic oxidation sites excluding steroid dienone is 7. The topological polar surface area (TPSA) is 75.6 Å². The number of aliphatic imine (C=N–C) groups is 1. The Balaban J connectivity index is 1.77. The van der Waals surface area contributed by atoms with E-state index in [1.807, 2.05) is 37.4 Å². The lowest BCUT2D eigenvalue weighted by Gasteiger charge is -2.11. The highest BCUT2D eigenvalue weighted by Gasteiger charge is 2.30. The van der Waals surface area contributed by atoms with Gasteiger partial charge in [-0.3, -0.25) is 9.79 Å². The molecule has 0 radical (unpaired) electrons. The molecule has 5 nitrogen and oxygen atoms in total. The molecule has 156 valence electrons. The maximum Gasteiger partial charge on any atom is 0.241 e. The Morgan fingerprint density at radius 2 is 2.03 bits per heavy atom. The molecular weight excluding hydrogens is 416 g/mol. The number of ketones is 1. The Morgan fingerprint density at radius 3 is 2.70 bits per heavy atom. The first-order valence-corrected chi connectivity index (χ1v) is 12.0. The fourth-order valence-corrected chi connectivity index (χ4v) is 5.08. The van der Waals surface area contributed by atoms with E-state index in [4.69, 9.17) is 0 Å². The van der Waals surface area contributed by atoms with Crippen molar-refractivity contribution < 1.29 is 13.2 Å². The van der Waals surface area contributed by atoms with Crippen molar-refractivity contribution in [2.75, 3.05) is 13.1 Å². The third-order valence-corrected chi connectivity index (χ3v) is 6.99. The second-order valence-corrected chi connectivity index (χ2v) is 10.2. The standard InChI is InChI=1S/C23H24N2O3S2/c1-15(2)18-8-7-16(3)23-21(11-18)17(4)10-22(23)30(27,28)25-13-19(26)12-24-14-20-6-5-9-29-20/h5-6,9-11,14-15,25H,12-13H2,1-4H3. The largest absolute Gasteiger partial charge is 0.296 e. The number of carbonyl (C=O) groups is 1. The first-order valence-electron chi connectivity index (χ1n) is 9.61. The van der Waals surface area contributed by atoms with E-state index < -0.39 is 10.0 Å². The van der Waals surface area contributed by atoms with Gasteiger partial charge < -0.3 is 0 Å². The van der Waals surface area contributed by atoms with Gasteiger partial charge in [-0.1, -0.05) is 31.4 Å². The quantitative estimate of drug-likeness (QED) is 0.489. The molecule has 0 fully saturated rings. The van der Waals surface area contributed by atoms with Crippen molar-refractivity contribution in [1.82, 2.24) is 4.72 Å². The van der Waals surface area contributed by atoms with Crippen molar-refractivity contribution in [1.29, 1.82) is 0 Å². The fraction of sp³-hybridized carbons (Fsp3) is 0.304. The molecule has 0 amide bonds. The molecule has 0 unspecified atom stereocenters. The minimum Gasteiger partial charge on any atom is -0.296 e. The van der Waals surface area contributed by atoms with Gasteiger partial charge in [-0.15, -0.1) is 11.3 Å². The zero-order valence-corrected chi connectivity index (χ0v) is 19.1. The van der Waals surface area contributed by atoms with Crippen LogP contribution in [-0.4, -0.2) is 33.5 Å². The fourth-order valence-electron chi connectivity index (χ4n) is 3.10. The SMILES string of the molecule is CC1=C=C=C(C(C)C)C=C2C(C)=CC(S(=O)(=O)NCC(=O)CN=Cc3cccs3)=C12. The number of nitrogens with zero attached hydrogens (tertiary/aromatic N) is 1. The van der Waals surface area contributed by atoms with Gasteiger partial charge in [0.2, 0.25) is 10.0 Å². The summed E-state index contributed by atoms with van der Waals surface area (Å²) < 4.78 is 28.4. The first kappa shape index (κ1) is 22.2. The average Bonchev–Trinajstić information content (AvgIpc) is 3.27. The van der Waals surface area contributed by atoms with Crippen LogP contribution in [0.2, 0.25) is 0 Å². The molecule has 1 aromatic rings. The van der Waals surface area contributed by atoms with Gasteiger partial charge in [-0.2, -0.15) is 0 Å². The van der Waals surface area contributed by atoms with Crippen LogP contribution in [0.25, 0.3) is 0 Å². The van der Waals surface area contributed by atoms with Crippen LogP contribution in [0.1, 0.15) is 32.6 Å². The highest BCUT2D eigenvalue weighted by molar-refractivity contribution is 7.93. The van der Waals surface area contributed by atoms with Gasteiger partial charge in [0.25, 0.3) is 0 Å². The zero-order valence-electron chi connectivity index (χ0n) is 17.4. The molecule has 2 aliphatic rings. The minimum absolute atomic E-state index is 0.0737. The van der Waals surface area contributed by atoms with Crippen LogP contribution in [0.4, 0.5) is 0 Å². The van der Waals surface area contributed by atoms with E-state index in [9.17, 15) is 13.2 Å². The van der Waals surface area contributed by atoms with E-state index in [1.165, 1.54) is 11.3 Å². The molecule has 30 heavy (non-hydrogen) atoms. The normalized spacial score (nSPS) is 16.4. The molecular formula is C23H24N2O3S2. The average molecular weight is 441 g/mol. The number of rotatable bonds is 8. The van der Waals surface area contributed by atoms with Crippen molar-refractivity contribution in [2.45, 2.75) is 27.7 Å². The number of Topliss-reactive ketones (excluding diaryl/α,β-unsaturated/α-hetero) is 1. The Bertz CT molecular complexity index is 1190. The lowest BCUT2D eigenvalue weighted by Crippen LogP contribution is -2.31. The highest BCUT2D eigenvalue weighted by atomic mass is 32.2. The predicted molar refractivity (Wildman–Crippen MR) is 122 cm³/mol. The van der Waals surface area contributed by atoms with Crippen molar-refractivity contribution >= 4 is 33.4 Å². The van der Waals surface area contributed by atoms with Crippen LogP contribution in [0.15, 0.2) is 78.9 Å². The maximum absolute atomic E-state index is 13.0. The van der Waals surface area contributed by atoms with Crippen molar-refractivity contribution in [3.63, 3.8) is 0 Å². The molecule has 0 spiro atoms. The molecule has 0 saturated carbocycles. The van der Waals surface area contributed by atoms with Crippen LogP contribution in [0.5, 0.6) is 0 Å². The van der Waals surface area contributed by atoms with Crippen LogP contribution < -0.4 is 4.72 Å². The molecule has 0 atom stereocenters. The third-order valence-electron chi connectivity index (χ3n) is 4.76. The number of sulfonamides is 1. The number of fused-ring (bicyclic) bond motifs is 1. The van der Waals surface area contributed by atoms with Crippen molar-refractivity contribution in [3.8, 4) is 0 Å². The smallest absolute Gasteiger partial charge is 0.241 e. The molecule has 1 heterocycles. The summed E-state index contributed by atoms with van der Waals surface area (Å²) in [5.41, 5.74) is 10.2. The highest BCUT2D eigenvalue weighted by Crippen LogP contribution is 2.39. The minimum atomic E-state index is -3.87. The van der Waals surface area contributed by atoms with Gasteiger partial charge in [-0.05, 0) is 54.5 Å². The summed E-state index contributed by atoms with van der Waals surface area (Å²) in [4.78, 5) is 17.3. The van der Waals surface area contributed by atoms with E-state index >= 15 is 0 Å². The second kappa shape index (κ2) is 9.09. The van der Waals surface area contributed by atoms with Gasteiger partial charge in [0.1, 0.15) is 0 Å². The van der Waals surface area contributed by atoms with Crippen molar-refractivity contribution in [3.05, 3.63) is 78.8 Å². The Kier molecular flexibility index (Phi) is 6.71. The van der Waals surface area contributed by atoms with Gasteiger partial charge in [0.05, 0.1) is 18.0 Å². The molecule has 2 aliphatic carbocycles. The van der Waals surface area contributed by atoms with E-state index in [2.05, 4.69) is 35.0 Å². The molecule has 1 aromatic heterocycles. The molecule has 0 bridgehead atoms. The van der Waals surface area contributed by atoms with E-state index in [0.29, 0.717) is 11.1 Å². The molecule has 0 aromatic carbocycles. The van der Waals surface area contributed by atoms with Gasteiger partial charge in [0.15, 0.2) is 5.78 Å². The summed E-state index contributed by atoms with van der Waals surface area (Å²) in [6, 6.07) is 3.79. The summed E-state index contributed by atoms with van der Waals surface area (Å²) in [6.07, 6.45) is 5.24. The van der Waals surface area contributed by atoms with Crippen LogP contribution >= 0.6 is 11.3 Å². The summed E-state index contributed by atoms with van der Waals surface area (Å²) >= 11 is 1.52. The summed E-state index contributed by atoms with van der Waals surface area (Å²) in [7, 11) is -3.87. The lowest BCUT2D eigenvalue weighted by atomic mass is 9.95. The summed E-state index contributed by atoms with van der Waals surface area (Å²) in [5.74, 6) is -0.0562. The third kappa shape index (κ3) is 4.96. The second-order valence-electron chi connectivity index (χ2n) is 7.46. The van der Waals surface area contributed by atoms with Gasteiger partial charge >= 0.3 is 0 Å². The van der Waals surface area contributed by atoms with Crippen molar-refractivity contribution in [2.24, 2.45) is 10.9 Å². The zero-order chi connectivity index (χ0) is 21.9. The molecule has 0 saturated heterocycles. The summed E-state index contributed by atoms with van der Waals surface area (Å²) in [6.45, 7) is 7.45. The van der Waals surface area contributed by atoms with E-state index in [-0.39, 0.29) is 29.7 Å².